The summed E-state index contributed by atoms with van der Waals surface area (Å²) in [5, 5.41) is 0. The number of hydrogen-bond acceptors (Lipinski definition) is 3. The molecule has 1 aromatic heterocycles. The summed E-state index contributed by atoms with van der Waals surface area (Å²) in [7, 11) is 0. The van der Waals surface area contributed by atoms with E-state index in [4.69, 9.17) is 4.42 Å². The summed E-state index contributed by atoms with van der Waals surface area (Å²) in [6.07, 6.45) is 1.30. The summed E-state index contributed by atoms with van der Waals surface area (Å²) in [5.41, 5.74) is 4.83. The van der Waals surface area contributed by atoms with E-state index in [0.29, 0.717) is 12.3 Å². The van der Waals surface area contributed by atoms with E-state index >= 15 is 0 Å². The summed E-state index contributed by atoms with van der Waals surface area (Å²) in [4.78, 5) is 19.1. The van der Waals surface area contributed by atoms with Gasteiger partial charge < -0.3 is 9.32 Å². The molecule has 0 fully saturated rings. The highest BCUT2D eigenvalue weighted by atomic mass is 16.3. The van der Waals surface area contributed by atoms with Crippen LogP contribution in [0, 0.1) is 6.92 Å². The largest absolute Gasteiger partial charge is 0.441 e. The van der Waals surface area contributed by atoms with Gasteiger partial charge in [0.1, 0.15) is 5.52 Å². The third kappa shape index (κ3) is 2.40. The number of para-hydroxylation sites is 1. The Morgan fingerprint density at radius 1 is 1.30 bits per heavy atom. The highest BCUT2D eigenvalue weighted by Crippen LogP contribution is 2.32. The van der Waals surface area contributed by atoms with Gasteiger partial charge in [-0.1, -0.05) is 24.3 Å². The summed E-state index contributed by atoms with van der Waals surface area (Å²) < 4.78 is 5.48. The molecule has 4 nitrogen and oxygen atoms in total. The van der Waals surface area contributed by atoms with Crippen LogP contribution in [-0.4, -0.2) is 16.9 Å². The Balaban J connectivity index is 1.61. The number of aryl methyl sites for hydroxylation is 1. The number of hydrogen-bond donors (Lipinski definition) is 0. The summed E-state index contributed by atoms with van der Waals surface area (Å²) in [5.74, 6) is 0.771. The van der Waals surface area contributed by atoms with E-state index in [2.05, 4.69) is 18.0 Å². The van der Waals surface area contributed by atoms with Gasteiger partial charge in [-0.05, 0) is 42.7 Å². The van der Waals surface area contributed by atoms with Crippen molar-refractivity contribution in [2.75, 3.05) is 4.90 Å². The second-order valence-corrected chi connectivity index (χ2v) is 6.16. The minimum Gasteiger partial charge on any atom is -0.441 e. The van der Waals surface area contributed by atoms with Crippen LogP contribution in [0.2, 0.25) is 0 Å². The molecule has 0 N–H and O–H groups in total. The van der Waals surface area contributed by atoms with Crippen LogP contribution in [0.25, 0.3) is 11.1 Å². The molecule has 0 saturated carbocycles. The van der Waals surface area contributed by atoms with Gasteiger partial charge in [-0.15, -0.1) is 0 Å². The molecule has 0 bridgehead atoms. The average molecular weight is 306 g/mol. The van der Waals surface area contributed by atoms with E-state index < -0.39 is 0 Å². The molecule has 1 aliphatic rings. The van der Waals surface area contributed by atoms with E-state index in [0.717, 1.165) is 28.8 Å². The van der Waals surface area contributed by atoms with Crippen molar-refractivity contribution in [3.63, 3.8) is 0 Å². The van der Waals surface area contributed by atoms with E-state index in [-0.39, 0.29) is 11.9 Å². The standard InChI is InChI=1S/C19H18N2O2/c1-12-9-15-5-3-4-6-17(15)21(12)19(22)11-14-7-8-18-16(10-14)20-13(2)23-18/h3-8,10,12H,9,11H2,1-2H3. The second-order valence-electron chi connectivity index (χ2n) is 6.16. The summed E-state index contributed by atoms with van der Waals surface area (Å²) >= 11 is 0. The molecule has 2 heterocycles. The van der Waals surface area contributed by atoms with Crippen molar-refractivity contribution in [2.24, 2.45) is 0 Å². The van der Waals surface area contributed by atoms with Crippen LogP contribution in [0.5, 0.6) is 0 Å². The van der Waals surface area contributed by atoms with Gasteiger partial charge in [-0.2, -0.15) is 0 Å². The zero-order chi connectivity index (χ0) is 16.0. The molecule has 1 amide bonds. The zero-order valence-corrected chi connectivity index (χ0v) is 13.2. The lowest BCUT2D eigenvalue weighted by Gasteiger charge is -2.22. The molecular formula is C19H18N2O2. The van der Waals surface area contributed by atoms with E-state index in [9.17, 15) is 4.79 Å². The molecule has 0 spiro atoms. The molecule has 23 heavy (non-hydrogen) atoms. The first-order chi connectivity index (χ1) is 11.1. The number of anilines is 1. The highest BCUT2D eigenvalue weighted by molar-refractivity contribution is 5.97. The number of rotatable bonds is 2. The fourth-order valence-electron chi connectivity index (χ4n) is 3.40. The van der Waals surface area contributed by atoms with Crippen molar-refractivity contribution < 1.29 is 9.21 Å². The molecule has 1 atom stereocenters. The van der Waals surface area contributed by atoms with Crippen LogP contribution in [0.3, 0.4) is 0 Å². The summed E-state index contributed by atoms with van der Waals surface area (Å²) in [6, 6.07) is 14.1. The Morgan fingerprint density at radius 2 is 2.13 bits per heavy atom. The number of carbonyl (C=O) groups is 1. The van der Waals surface area contributed by atoms with Crippen molar-refractivity contribution in [3.8, 4) is 0 Å². The van der Waals surface area contributed by atoms with Crippen molar-refractivity contribution >= 4 is 22.7 Å². The lowest BCUT2D eigenvalue weighted by Crippen LogP contribution is -2.36. The predicted octanol–water partition coefficient (Wildman–Crippen LogP) is 3.66. The number of aromatic nitrogens is 1. The van der Waals surface area contributed by atoms with Gasteiger partial charge in [0, 0.05) is 18.7 Å². The average Bonchev–Trinajstić information content (AvgIpc) is 3.04. The van der Waals surface area contributed by atoms with Crippen LogP contribution in [0.1, 0.15) is 23.9 Å². The Bertz CT molecular complexity index is 897. The van der Waals surface area contributed by atoms with Gasteiger partial charge in [-0.25, -0.2) is 4.98 Å². The molecule has 0 saturated heterocycles. The first-order valence-corrected chi connectivity index (χ1v) is 7.88. The van der Waals surface area contributed by atoms with Gasteiger partial charge in [-0.3, -0.25) is 4.79 Å². The molecule has 4 rings (SSSR count). The van der Waals surface area contributed by atoms with Crippen molar-refractivity contribution in [1.82, 2.24) is 4.98 Å². The zero-order valence-electron chi connectivity index (χ0n) is 13.2. The first kappa shape index (κ1) is 14.0. The quantitative estimate of drug-likeness (QED) is 0.726. The first-order valence-electron chi connectivity index (χ1n) is 7.88. The van der Waals surface area contributed by atoms with Gasteiger partial charge in [0.2, 0.25) is 5.91 Å². The maximum atomic E-state index is 12.8. The molecule has 4 heteroatoms. The second kappa shape index (κ2) is 5.23. The topological polar surface area (TPSA) is 46.3 Å². The monoisotopic (exact) mass is 306 g/mol. The Hall–Kier alpha value is -2.62. The van der Waals surface area contributed by atoms with Gasteiger partial charge in [0.05, 0.1) is 6.42 Å². The Labute approximate surface area is 134 Å². The van der Waals surface area contributed by atoms with Gasteiger partial charge >= 0.3 is 0 Å². The highest BCUT2D eigenvalue weighted by Gasteiger charge is 2.30. The van der Waals surface area contributed by atoms with Crippen LogP contribution < -0.4 is 4.90 Å². The lowest BCUT2D eigenvalue weighted by molar-refractivity contribution is -0.118. The molecule has 116 valence electrons. The third-order valence-electron chi connectivity index (χ3n) is 4.39. The molecule has 3 aromatic rings. The van der Waals surface area contributed by atoms with Gasteiger partial charge in [0.15, 0.2) is 11.5 Å². The number of amides is 1. The normalized spacial score (nSPS) is 16.8. The predicted molar refractivity (Wildman–Crippen MR) is 89.5 cm³/mol. The lowest BCUT2D eigenvalue weighted by atomic mass is 10.1. The molecule has 1 unspecified atom stereocenters. The Morgan fingerprint density at radius 3 is 3.00 bits per heavy atom. The number of benzene rings is 2. The van der Waals surface area contributed by atoms with Crippen molar-refractivity contribution in [1.29, 1.82) is 0 Å². The third-order valence-corrected chi connectivity index (χ3v) is 4.39. The van der Waals surface area contributed by atoms with E-state index in [1.807, 2.05) is 48.2 Å². The number of carbonyl (C=O) groups excluding carboxylic acids is 1. The van der Waals surface area contributed by atoms with Gasteiger partial charge in [0.25, 0.3) is 0 Å². The Kier molecular flexibility index (Phi) is 3.18. The molecular weight excluding hydrogens is 288 g/mol. The number of fused-ring (bicyclic) bond motifs is 2. The number of oxazole rings is 1. The van der Waals surface area contributed by atoms with E-state index in [1.54, 1.807) is 0 Å². The smallest absolute Gasteiger partial charge is 0.231 e. The SMILES string of the molecule is Cc1nc2cc(CC(=O)N3c4ccccc4CC3C)ccc2o1. The van der Waals surface area contributed by atoms with Crippen LogP contribution in [-0.2, 0) is 17.6 Å². The molecule has 1 aliphatic heterocycles. The molecule has 0 aliphatic carbocycles. The van der Waals surface area contributed by atoms with Crippen molar-refractivity contribution in [2.45, 2.75) is 32.7 Å². The van der Waals surface area contributed by atoms with Crippen molar-refractivity contribution in [3.05, 3.63) is 59.5 Å². The maximum Gasteiger partial charge on any atom is 0.231 e. The van der Waals surface area contributed by atoms with Crippen LogP contribution in [0.15, 0.2) is 46.9 Å². The fourth-order valence-corrected chi connectivity index (χ4v) is 3.40. The number of nitrogens with zero attached hydrogens (tertiary/aromatic N) is 2. The maximum absolute atomic E-state index is 12.8. The van der Waals surface area contributed by atoms with Crippen LogP contribution >= 0.6 is 0 Å². The molecule has 0 radical (unpaired) electrons. The fraction of sp³-hybridized carbons (Fsp3) is 0.263. The molecule has 2 aromatic carbocycles. The van der Waals surface area contributed by atoms with E-state index in [1.165, 1.54) is 5.56 Å². The summed E-state index contributed by atoms with van der Waals surface area (Å²) in [6.45, 7) is 3.93. The minimum absolute atomic E-state index is 0.127. The minimum atomic E-state index is 0.127. The van der Waals surface area contributed by atoms with Crippen LogP contribution in [0.4, 0.5) is 5.69 Å².